The predicted molar refractivity (Wildman–Crippen MR) is 66.6 cm³/mol. The van der Waals surface area contributed by atoms with Crippen molar-refractivity contribution in [3.63, 3.8) is 0 Å². The van der Waals surface area contributed by atoms with Gasteiger partial charge in [0.25, 0.3) is 10.1 Å². The van der Waals surface area contributed by atoms with Crippen LogP contribution in [-0.2, 0) is 10.1 Å². The molecule has 0 spiro atoms. The maximum absolute atomic E-state index is 10.4. The minimum absolute atomic E-state index is 0.173. The maximum atomic E-state index is 10.4. The largest absolute Gasteiger partial charge is 0.316 e. The van der Waals surface area contributed by atoms with Gasteiger partial charge in [-0.05, 0) is 24.4 Å². The number of thiophene rings is 1. The van der Waals surface area contributed by atoms with Crippen LogP contribution < -0.4 is 5.32 Å². The van der Waals surface area contributed by atoms with Crippen molar-refractivity contribution < 1.29 is 13.0 Å². The average molecular weight is 263 g/mol. The Morgan fingerprint density at radius 1 is 1.56 bits per heavy atom. The van der Waals surface area contributed by atoms with E-state index in [0.29, 0.717) is 18.9 Å². The smallest absolute Gasteiger partial charge is 0.264 e. The molecule has 1 aromatic heterocycles. The standard InChI is InChI=1S/C10H17NO3S2/c1-9(10-4-2-6-15-10)8-11-5-3-7-16(12,13)14/h2,4,6,9,11H,3,5,7-8H2,1H3,(H,12,13,14). The van der Waals surface area contributed by atoms with E-state index in [-0.39, 0.29) is 5.75 Å². The highest BCUT2D eigenvalue weighted by Gasteiger charge is 2.06. The van der Waals surface area contributed by atoms with Crippen LogP contribution in [0, 0.1) is 0 Å². The molecule has 0 saturated heterocycles. The Bertz CT molecular complexity index is 386. The van der Waals surface area contributed by atoms with Gasteiger partial charge in [-0.1, -0.05) is 13.0 Å². The fourth-order valence-electron chi connectivity index (χ4n) is 1.37. The van der Waals surface area contributed by atoms with Gasteiger partial charge in [-0.15, -0.1) is 11.3 Å². The van der Waals surface area contributed by atoms with Crippen LogP contribution in [0.5, 0.6) is 0 Å². The fraction of sp³-hybridized carbons (Fsp3) is 0.600. The second-order valence-corrected chi connectivity index (χ2v) is 6.31. The van der Waals surface area contributed by atoms with Gasteiger partial charge < -0.3 is 5.32 Å². The molecule has 1 unspecified atom stereocenters. The molecule has 2 N–H and O–H groups in total. The topological polar surface area (TPSA) is 66.4 Å². The molecule has 16 heavy (non-hydrogen) atoms. The lowest BCUT2D eigenvalue weighted by Crippen LogP contribution is -2.22. The first-order chi connectivity index (χ1) is 7.49. The van der Waals surface area contributed by atoms with Crippen molar-refractivity contribution in [2.45, 2.75) is 19.3 Å². The number of nitrogens with one attached hydrogen (secondary N) is 1. The molecule has 0 bridgehead atoms. The van der Waals surface area contributed by atoms with Crippen molar-refractivity contribution in [3.8, 4) is 0 Å². The quantitative estimate of drug-likeness (QED) is 0.580. The van der Waals surface area contributed by atoms with Crippen LogP contribution in [-0.4, -0.2) is 31.8 Å². The Kier molecular flexibility index (Phi) is 5.40. The lowest BCUT2D eigenvalue weighted by molar-refractivity contribution is 0.479. The van der Waals surface area contributed by atoms with Gasteiger partial charge in [0.15, 0.2) is 0 Å². The first-order valence-corrected chi connectivity index (χ1v) is 7.67. The van der Waals surface area contributed by atoms with E-state index in [2.05, 4.69) is 18.3 Å². The van der Waals surface area contributed by atoms with Crippen LogP contribution in [0.4, 0.5) is 0 Å². The second-order valence-electron chi connectivity index (χ2n) is 3.76. The van der Waals surface area contributed by atoms with E-state index in [9.17, 15) is 8.42 Å². The molecule has 0 saturated carbocycles. The summed E-state index contributed by atoms with van der Waals surface area (Å²) in [6.07, 6.45) is 0.440. The first kappa shape index (κ1) is 13.6. The third kappa shape index (κ3) is 5.60. The zero-order valence-corrected chi connectivity index (χ0v) is 10.9. The second kappa shape index (κ2) is 6.34. The average Bonchev–Trinajstić information content (AvgIpc) is 2.67. The molecule has 0 amide bonds. The summed E-state index contributed by atoms with van der Waals surface area (Å²) >= 11 is 1.72. The molecule has 0 aliphatic rings. The van der Waals surface area contributed by atoms with Gasteiger partial charge in [0.2, 0.25) is 0 Å². The summed E-state index contributed by atoms with van der Waals surface area (Å²) in [6, 6.07) is 4.12. The molecule has 1 atom stereocenters. The van der Waals surface area contributed by atoms with Crippen molar-refractivity contribution in [2.24, 2.45) is 0 Å². The molecule has 6 heteroatoms. The molecule has 1 heterocycles. The third-order valence-electron chi connectivity index (χ3n) is 2.24. The first-order valence-electron chi connectivity index (χ1n) is 5.18. The summed E-state index contributed by atoms with van der Waals surface area (Å²) in [6.45, 7) is 3.56. The van der Waals surface area contributed by atoms with Crippen LogP contribution >= 0.6 is 11.3 Å². The summed E-state index contributed by atoms with van der Waals surface area (Å²) < 4.78 is 29.4. The van der Waals surface area contributed by atoms with E-state index >= 15 is 0 Å². The van der Waals surface area contributed by atoms with Crippen LogP contribution in [0.15, 0.2) is 17.5 Å². The Morgan fingerprint density at radius 2 is 2.31 bits per heavy atom. The number of rotatable bonds is 7. The van der Waals surface area contributed by atoms with Crippen LogP contribution in [0.1, 0.15) is 24.1 Å². The highest BCUT2D eigenvalue weighted by molar-refractivity contribution is 7.85. The van der Waals surface area contributed by atoms with Crippen LogP contribution in [0.25, 0.3) is 0 Å². The third-order valence-corrected chi connectivity index (χ3v) is 4.14. The van der Waals surface area contributed by atoms with Crippen molar-refractivity contribution >= 4 is 21.5 Å². The van der Waals surface area contributed by atoms with Gasteiger partial charge in [0, 0.05) is 17.3 Å². The summed E-state index contributed by atoms with van der Waals surface area (Å²) in [5.74, 6) is 0.263. The van der Waals surface area contributed by atoms with Crippen molar-refractivity contribution in [3.05, 3.63) is 22.4 Å². The lowest BCUT2D eigenvalue weighted by Gasteiger charge is -2.10. The lowest BCUT2D eigenvalue weighted by atomic mass is 10.1. The molecule has 0 aliphatic carbocycles. The van der Waals surface area contributed by atoms with E-state index in [0.717, 1.165) is 6.54 Å². The van der Waals surface area contributed by atoms with Gasteiger partial charge >= 0.3 is 0 Å². The van der Waals surface area contributed by atoms with E-state index in [1.54, 1.807) is 11.3 Å². The van der Waals surface area contributed by atoms with Crippen molar-refractivity contribution in [2.75, 3.05) is 18.8 Å². The summed E-state index contributed by atoms with van der Waals surface area (Å²) in [5.41, 5.74) is 0. The molecule has 0 fully saturated rings. The molecule has 0 radical (unpaired) electrons. The van der Waals surface area contributed by atoms with Crippen molar-refractivity contribution in [1.29, 1.82) is 0 Å². The zero-order chi connectivity index (χ0) is 12.0. The fourth-order valence-corrected chi connectivity index (χ4v) is 2.67. The Hall–Kier alpha value is -0.430. The molecule has 1 aromatic rings. The van der Waals surface area contributed by atoms with Gasteiger partial charge in [-0.3, -0.25) is 4.55 Å². The molecule has 1 rings (SSSR count). The minimum atomic E-state index is -3.81. The molecule has 0 aliphatic heterocycles. The number of hydrogen-bond acceptors (Lipinski definition) is 4. The summed E-state index contributed by atoms with van der Waals surface area (Å²) in [4.78, 5) is 1.32. The highest BCUT2D eigenvalue weighted by Crippen LogP contribution is 2.19. The normalized spacial score (nSPS) is 13.9. The molecular weight excluding hydrogens is 246 g/mol. The Morgan fingerprint density at radius 3 is 2.88 bits per heavy atom. The van der Waals surface area contributed by atoms with Gasteiger partial charge in [-0.2, -0.15) is 8.42 Å². The molecule has 4 nitrogen and oxygen atoms in total. The molecular formula is C10H17NO3S2. The highest BCUT2D eigenvalue weighted by atomic mass is 32.2. The predicted octanol–water partition coefficient (Wildman–Crippen LogP) is 1.72. The van der Waals surface area contributed by atoms with Crippen LogP contribution in [0.3, 0.4) is 0 Å². The summed E-state index contributed by atoms with van der Waals surface area (Å²) in [5, 5.41) is 5.22. The molecule has 92 valence electrons. The monoisotopic (exact) mass is 263 g/mol. The van der Waals surface area contributed by atoms with Gasteiger partial charge in [-0.25, -0.2) is 0 Å². The SMILES string of the molecule is CC(CNCCCS(=O)(=O)O)c1cccs1. The van der Waals surface area contributed by atoms with E-state index in [1.165, 1.54) is 4.88 Å². The van der Waals surface area contributed by atoms with E-state index < -0.39 is 10.1 Å². The van der Waals surface area contributed by atoms with Crippen LogP contribution in [0.2, 0.25) is 0 Å². The maximum Gasteiger partial charge on any atom is 0.264 e. The van der Waals surface area contributed by atoms with Gasteiger partial charge in [0.05, 0.1) is 5.75 Å². The molecule has 0 aromatic carbocycles. The van der Waals surface area contributed by atoms with E-state index in [4.69, 9.17) is 4.55 Å². The zero-order valence-electron chi connectivity index (χ0n) is 9.22. The minimum Gasteiger partial charge on any atom is -0.316 e. The van der Waals surface area contributed by atoms with Crippen molar-refractivity contribution in [1.82, 2.24) is 5.32 Å². The Balaban J connectivity index is 2.12. The van der Waals surface area contributed by atoms with E-state index in [1.807, 2.05) is 11.4 Å². The number of hydrogen-bond donors (Lipinski definition) is 2. The van der Waals surface area contributed by atoms with Gasteiger partial charge in [0.1, 0.15) is 0 Å². The Labute approximate surface area is 100 Å². The summed E-state index contributed by atoms with van der Waals surface area (Å²) in [7, 11) is -3.81.